The topological polar surface area (TPSA) is 48.1 Å². The molecule has 0 aliphatic heterocycles. The minimum atomic E-state index is -0.0989. The van der Waals surface area contributed by atoms with Crippen LogP contribution < -0.4 is 10.5 Å². The molecular formula is C8H10I2N2O. The Balaban J connectivity index is 3.29. The van der Waals surface area contributed by atoms with Gasteiger partial charge in [0.2, 0.25) is 0 Å². The summed E-state index contributed by atoms with van der Waals surface area (Å²) in [6.45, 7) is 1.90. The highest BCUT2D eigenvalue weighted by Gasteiger charge is 2.13. The molecule has 5 heteroatoms. The van der Waals surface area contributed by atoms with E-state index in [9.17, 15) is 0 Å². The molecule has 0 spiro atoms. The van der Waals surface area contributed by atoms with E-state index in [2.05, 4.69) is 50.2 Å². The maximum Gasteiger partial charge on any atom is 0.155 e. The van der Waals surface area contributed by atoms with Crippen LogP contribution in [0.5, 0.6) is 5.75 Å². The van der Waals surface area contributed by atoms with Gasteiger partial charge >= 0.3 is 0 Å². The highest BCUT2D eigenvalue weighted by Crippen LogP contribution is 2.28. The maximum absolute atomic E-state index is 5.78. The van der Waals surface area contributed by atoms with Gasteiger partial charge in [-0.2, -0.15) is 0 Å². The molecule has 3 nitrogen and oxygen atoms in total. The summed E-state index contributed by atoms with van der Waals surface area (Å²) in [6, 6.07) is 1.87. The molecule has 0 aliphatic carbocycles. The van der Waals surface area contributed by atoms with E-state index in [0.717, 1.165) is 18.7 Å². The summed E-state index contributed by atoms with van der Waals surface area (Å²) in [5.74, 6) is 0.788. The van der Waals surface area contributed by atoms with Crippen molar-refractivity contribution in [1.29, 1.82) is 0 Å². The maximum atomic E-state index is 5.78. The van der Waals surface area contributed by atoms with Crippen molar-refractivity contribution in [2.45, 2.75) is 13.0 Å². The highest BCUT2D eigenvalue weighted by atomic mass is 127. The Labute approximate surface area is 105 Å². The van der Waals surface area contributed by atoms with Crippen molar-refractivity contribution in [3.63, 3.8) is 0 Å². The number of pyridine rings is 1. The zero-order valence-electron chi connectivity index (χ0n) is 7.34. The number of methoxy groups -OCH3 is 1. The molecule has 13 heavy (non-hydrogen) atoms. The fourth-order valence-electron chi connectivity index (χ4n) is 1.00. The number of halogens is 2. The molecule has 2 N–H and O–H groups in total. The van der Waals surface area contributed by atoms with Crippen LogP contribution in [0.4, 0.5) is 0 Å². The summed E-state index contributed by atoms with van der Waals surface area (Å²) in [6.07, 6.45) is 0. The van der Waals surface area contributed by atoms with Gasteiger partial charge in [-0.05, 0) is 58.2 Å². The number of nitrogens with two attached hydrogens (primary N) is 1. The third kappa shape index (κ3) is 2.66. The van der Waals surface area contributed by atoms with Gasteiger partial charge < -0.3 is 10.5 Å². The van der Waals surface area contributed by atoms with E-state index < -0.39 is 0 Å². The molecule has 0 aromatic carbocycles. The van der Waals surface area contributed by atoms with Crippen molar-refractivity contribution in [3.05, 3.63) is 19.0 Å². The second-order valence-corrected chi connectivity index (χ2v) is 4.90. The summed E-state index contributed by atoms with van der Waals surface area (Å²) in [5.41, 5.74) is 6.60. The molecule has 0 saturated heterocycles. The first-order valence-electron chi connectivity index (χ1n) is 3.71. The molecule has 0 bridgehead atoms. The van der Waals surface area contributed by atoms with E-state index in [4.69, 9.17) is 10.5 Å². The first-order valence-corrected chi connectivity index (χ1v) is 5.87. The van der Waals surface area contributed by atoms with E-state index in [1.54, 1.807) is 7.11 Å². The smallest absolute Gasteiger partial charge is 0.155 e. The molecule has 0 fully saturated rings. The Bertz CT molecular complexity index is 315. The Kier molecular flexibility index (Phi) is 4.17. The molecule has 0 radical (unpaired) electrons. The molecule has 0 saturated carbocycles. The Hall–Kier alpha value is 0.370. The lowest BCUT2D eigenvalue weighted by atomic mass is 10.2. The van der Waals surface area contributed by atoms with E-state index >= 15 is 0 Å². The van der Waals surface area contributed by atoms with Gasteiger partial charge in [-0.25, -0.2) is 4.98 Å². The van der Waals surface area contributed by atoms with Gasteiger partial charge in [0.15, 0.2) is 5.75 Å². The Morgan fingerprint density at radius 1 is 1.54 bits per heavy atom. The first kappa shape index (κ1) is 11.4. The molecule has 1 aromatic rings. The average Bonchev–Trinajstić information content (AvgIpc) is 2.02. The zero-order valence-corrected chi connectivity index (χ0v) is 11.7. The lowest BCUT2D eigenvalue weighted by Crippen LogP contribution is -2.11. The summed E-state index contributed by atoms with van der Waals surface area (Å²) in [4.78, 5) is 4.34. The molecule has 1 atom stereocenters. The predicted octanol–water partition coefficient (Wildman–Crippen LogP) is 2.32. The van der Waals surface area contributed by atoms with Crippen LogP contribution in [0, 0.1) is 7.27 Å². The van der Waals surface area contributed by atoms with Crippen LogP contribution in [0.3, 0.4) is 0 Å². The van der Waals surface area contributed by atoms with Crippen LogP contribution in [-0.2, 0) is 0 Å². The minimum Gasteiger partial charge on any atom is -0.494 e. The van der Waals surface area contributed by atoms with E-state index in [-0.39, 0.29) is 6.04 Å². The largest absolute Gasteiger partial charge is 0.494 e. The van der Waals surface area contributed by atoms with Crippen molar-refractivity contribution in [2.75, 3.05) is 7.11 Å². The van der Waals surface area contributed by atoms with Crippen molar-refractivity contribution in [2.24, 2.45) is 5.73 Å². The lowest BCUT2D eigenvalue weighted by molar-refractivity contribution is 0.400. The standard InChI is InChI=1S/C8H10I2N2O/c1-4(11)7-8(13-2)5(9)3-6(10)12-7/h3-4H,11H2,1-2H3/t4-/m1/s1. The number of hydrogen-bond donors (Lipinski definition) is 1. The van der Waals surface area contributed by atoms with Crippen molar-refractivity contribution < 1.29 is 4.74 Å². The van der Waals surface area contributed by atoms with Gasteiger partial charge in [-0.1, -0.05) is 0 Å². The normalized spacial score (nSPS) is 12.7. The molecular weight excluding hydrogens is 394 g/mol. The Morgan fingerprint density at radius 2 is 2.15 bits per heavy atom. The highest BCUT2D eigenvalue weighted by molar-refractivity contribution is 14.1. The van der Waals surface area contributed by atoms with Gasteiger partial charge in [0.25, 0.3) is 0 Å². The number of rotatable bonds is 2. The molecule has 1 aromatic heterocycles. The summed E-state index contributed by atoms with van der Waals surface area (Å²) >= 11 is 4.39. The van der Waals surface area contributed by atoms with Crippen LogP contribution in [0.15, 0.2) is 6.07 Å². The molecule has 1 rings (SSSR count). The molecule has 0 unspecified atom stereocenters. The fourth-order valence-corrected chi connectivity index (χ4v) is 2.96. The van der Waals surface area contributed by atoms with Gasteiger partial charge in [0.05, 0.1) is 10.7 Å². The second-order valence-electron chi connectivity index (χ2n) is 2.63. The molecule has 72 valence electrons. The van der Waals surface area contributed by atoms with Crippen molar-refractivity contribution in [3.8, 4) is 5.75 Å². The van der Waals surface area contributed by atoms with Crippen LogP contribution in [0.25, 0.3) is 0 Å². The number of hydrogen-bond acceptors (Lipinski definition) is 3. The first-order chi connectivity index (χ1) is 6.06. The minimum absolute atomic E-state index is 0.0989. The van der Waals surface area contributed by atoms with E-state index in [0.29, 0.717) is 0 Å². The van der Waals surface area contributed by atoms with Gasteiger partial charge in [-0.15, -0.1) is 0 Å². The number of aromatic nitrogens is 1. The predicted molar refractivity (Wildman–Crippen MR) is 68.8 cm³/mol. The Morgan fingerprint density at radius 3 is 2.62 bits per heavy atom. The summed E-state index contributed by atoms with van der Waals surface area (Å²) in [7, 11) is 1.64. The van der Waals surface area contributed by atoms with Crippen molar-refractivity contribution in [1.82, 2.24) is 4.98 Å². The van der Waals surface area contributed by atoms with Crippen molar-refractivity contribution >= 4 is 45.2 Å². The summed E-state index contributed by atoms with van der Waals surface area (Å²) in [5, 5.41) is 0. The third-order valence-corrected chi connectivity index (χ3v) is 2.91. The quantitative estimate of drug-likeness (QED) is 0.609. The molecule has 0 amide bonds. The summed E-state index contributed by atoms with van der Waals surface area (Å²) < 4.78 is 7.23. The van der Waals surface area contributed by atoms with Crippen LogP contribution >= 0.6 is 45.2 Å². The molecule has 0 aliphatic rings. The zero-order chi connectivity index (χ0) is 10.0. The van der Waals surface area contributed by atoms with Crippen LogP contribution in [0.2, 0.25) is 0 Å². The van der Waals surface area contributed by atoms with E-state index in [1.807, 2.05) is 13.0 Å². The van der Waals surface area contributed by atoms with Crippen LogP contribution in [-0.4, -0.2) is 12.1 Å². The lowest BCUT2D eigenvalue weighted by Gasteiger charge is -2.12. The second kappa shape index (κ2) is 4.74. The van der Waals surface area contributed by atoms with Gasteiger partial charge in [0, 0.05) is 6.04 Å². The van der Waals surface area contributed by atoms with Gasteiger partial charge in [0.1, 0.15) is 9.39 Å². The van der Waals surface area contributed by atoms with Crippen LogP contribution in [0.1, 0.15) is 18.7 Å². The van der Waals surface area contributed by atoms with E-state index in [1.165, 1.54) is 0 Å². The average molecular weight is 404 g/mol. The third-order valence-electron chi connectivity index (χ3n) is 1.56. The SMILES string of the molecule is COc1c(I)cc(I)nc1[C@@H](C)N. The number of ether oxygens (including phenoxy) is 1. The molecule has 1 heterocycles. The fraction of sp³-hybridized carbons (Fsp3) is 0.375. The monoisotopic (exact) mass is 404 g/mol. The van der Waals surface area contributed by atoms with Gasteiger partial charge in [-0.3, -0.25) is 0 Å². The number of nitrogens with zero attached hydrogens (tertiary/aromatic N) is 1.